The van der Waals surface area contributed by atoms with E-state index in [2.05, 4.69) is 18.8 Å². The standard InChI is InChI=1S/C19H22Cl2N2O2/c1-12-7-13(2)11-23(10-12)19(24)6-5-18-22-9-17(25-18)15-4-3-14(20)8-16(15)21/h3-4,8-9,12-13H,5-7,10-11H2,1-2H3. The Morgan fingerprint density at radius 2 is 2.00 bits per heavy atom. The minimum absolute atomic E-state index is 0.169. The van der Waals surface area contributed by atoms with Crippen LogP contribution in [0.25, 0.3) is 11.3 Å². The van der Waals surface area contributed by atoms with E-state index in [1.54, 1.807) is 24.4 Å². The molecule has 2 atom stereocenters. The molecule has 1 saturated heterocycles. The zero-order valence-electron chi connectivity index (χ0n) is 14.5. The number of carbonyl (C=O) groups excluding carboxylic acids is 1. The highest BCUT2D eigenvalue weighted by Crippen LogP contribution is 2.31. The van der Waals surface area contributed by atoms with Gasteiger partial charge in [0.2, 0.25) is 5.91 Å². The minimum atomic E-state index is 0.169. The van der Waals surface area contributed by atoms with Crippen molar-refractivity contribution in [1.82, 2.24) is 9.88 Å². The molecule has 0 radical (unpaired) electrons. The van der Waals surface area contributed by atoms with Gasteiger partial charge < -0.3 is 9.32 Å². The summed E-state index contributed by atoms with van der Waals surface area (Å²) < 4.78 is 5.76. The predicted octanol–water partition coefficient (Wildman–Crippen LogP) is 5.09. The number of benzene rings is 1. The Bertz CT molecular complexity index is 750. The number of aryl methyl sites for hydroxylation is 1. The van der Waals surface area contributed by atoms with Crippen molar-refractivity contribution in [3.63, 3.8) is 0 Å². The van der Waals surface area contributed by atoms with Gasteiger partial charge in [-0.2, -0.15) is 0 Å². The summed E-state index contributed by atoms with van der Waals surface area (Å²) in [6.07, 6.45) is 3.73. The van der Waals surface area contributed by atoms with E-state index in [1.807, 2.05) is 4.90 Å². The van der Waals surface area contributed by atoms with Gasteiger partial charge in [-0.15, -0.1) is 0 Å². The zero-order valence-corrected chi connectivity index (χ0v) is 16.0. The number of carbonyl (C=O) groups is 1. The molecule has 1 aliphatic heterocycles. The van der Waals surface area contributed by atoms with Gasteiger partial charge in [0.05, 0.1) is 11.2 Å². The molecule has 1 aromatic carbocycles. The molecule has 134 valence electrons. The van der Waals surface area contributed by atoms with Gasteiger partial charge in [-0.05, 0) is 36.5 Å². The van der Waals surface area contributed by atoms with Crippen molar-refractivity contribution in [3.05, 3.63) is 40.3 Å². The minimum Gasteiger partial charge on any atom is -0.441 e. The first-order chi connectivity index (χ1) is 11.9. The molecule has 2 heterocycles. The van der Waals surface area contributed by atoms with E-state index >= 15 is 0 Å². The van der Waals surface area contributed by atoms with Crippen LogP contribution in [-0.2, 0) is 11.2 Å². The van der Waals surface area contributed by atoms with Crippen LogP contribution in [0.1, 0.15) is 32.6 Å². The molecule has 0 bridgehead atoms. The van der Waals surface area contributed by atoms with E-state index < -0.39 is 0 Å². The Kier molecular flexibility index (Phi) is 5.70. The van der Waals surface area contributed by atoms with Gasteiger partial charge in [0.25, 0.3) is 0 Å². The van der Waals surface area contributed by atoms with Crippen LogP contribution in [0.4, 0.5) is 0 Å². The predicted molar refractivity (Wildman–Crippen MR) is 99.8 cm³/mol. The lowest BCUT2D eigenvalue weighted by atomic mass is 9.91. The first kappa shape index (κ1) is 18.3. The molecule has 1 aliphatic rings. The van der Waals surface area contributed by atoms with Gasteiger partial charge in [-0.25, -0.2) is 4.98 Å². The molecule has 4 nitrogen and oxygen atoms in total. The SMILES string of the molecule is CC1CC(C)CN(C(=O)CCc2ncc(-c3ccc(Cl)cc3Cl)o2)C1. The molecule has 0 aliphatic carbocycles. The summed E-state index contributed by atoms with van der Waals surface area (Å²) in [5.74, 6) is 2.43. The second-order valence-corrected chi connectivity index (χ2v) is 7.83. The summed E-state index contributed by atoms with van der Waals surface area (Å²) in [7, 11) is 0. The highest BCUT2D eigenvalue weighted by atomic mass is 35.5. The Labute approximate surface area is 158 Å². The highest BCUT2D eigenvalue weighted by Gasteiger charge is 2.25. The van der Waals surface area contributed by atoms with Crippen molar-refractivity contribution >= 4 is 29.1 Å². The van der Waals surface area contributed by atoms with Crippen LogP contribution in [0.15, 0.2) is 28.8 Å². The molecule has 1 amide bonds. The lowest BCUT2D eigenvalue weighted by Gasteiger charge is -2.35. The van der Waals surface area contributed by atoms with Crippen molar-refractivity contribution < 1.29 is 9.21 Å². The molecule has 2 aromatic rings. The molecule has 6 heteroatoms. The molecular formula is C19H22Cl2N2O2. The van der Waals surface area contributed by atoms with Gasteiger partial charge in [0.15, 0.2) is 11.7 Å². The fourth-order valence-electron chi connectivity index (χ4n) is 3.48. The fourth-order valence-corrected chi connectivity index (χ4v) is 3.98. The van der Waals surface area contributed by atoms with Gasteiger partial charge in [0.1, 0.15) is 0 Å². The number of nitrogens with zero attached hydrogens (tertiary/aromatic N) is 2. The first-order valence-corrected chi connectivity index (χ1v) is 9.36. The number of rotatable bonds is 4. The van der Waals surface area contributed by atoms with Crippen molar-refractivity contribution in [1.29, 1.82) is 0 Å². The lowest BCUT2D eigenvalue weighted by molar-refractivity contribution is -0.133. The monoisotopic (exact) mass is 380 g/mol. The number of amides is 1. The van der Waals surface area contributed by atoms with Crippen molar-refractivity contribution in [2.75, 3.05) is 13.1 Å². The van der Waals surface area contributed by atoms with Crippen LogP contribution in [-0.4, -0.2) is 28.9 Å². The van der Waals surface area contributed by atoms with Gasteiger partial charge >= 0.3 is 0 Å². The number of aromatic nitrogens is 1. The number of likely N-dealkylation sites (tertiary alicyclic amines) is 1. The summed E-state index contributed by atoms with van der Waals surface area (Å²) in [6.45, 7) is 6.10. The number of hydrogen-bond donors (Lipinski definition) is 0. The van der Waals surface area contributed by atoms with Crippen LogP contribution >= 0.6 is 23.2 Å². The Balaban J connectivity index is 1.61. The maximum absolute atomic E-state index is 12.5. The largest absolute Gasteiger partial charge is 0.441 e. The third-order valence-electron chi connectivity index (χ3n) is 4.52. The van der Waals surface area contributed by atoms with E-state index in [1.165, 1.54) is 6.42 Å². The van der Waals surface area contributed by atoms with Crippen molar-refractivity contribution in [2.45, 2.75) is 33.1 Å². The Hall–Kier alpha value is -1.52. The Morgan fingerprint density at radius 3 is 2.68 bits per heavy atom. The van der Waals surface area contributed by atoms with E-state index in [0.717, 1.165) is 18.7 Å². The summed E-state index contributed by atoms with van der Waals surface area (Å²) in [5, 5.41) is 1.09. The van der Waals surface area contributed by atoms with E-state index in [9.17, 15) is 4.79 Å². The molecule has 3 rings (SSSR count). The van der Waals surface area contributed by atoms with E-state index in [0.29, 0.717) is 46.4 Å². The summed E-state index contributed by atoms with van der Waals surface area (Å²) >= 11 is 12.1. The fraction of sp³-hybridized carbons (Fsp3) is 0.474. The van der Waals surface area contributed by atoms with Crippen LogP contribution < -0.4 is 0 Å². The third-order valence-corrected chi connectivity index (χ3v) is 5.07. The second kappa shape index (κ2) is 7.79. The summed E-state index contributed by atoms with van der Waals surface area (Å²) in [5.41, 5.74) is 0.745. The Morgan fingerprint density at radius 1 is 1.28 bits per heavy atom. The lowest BCUT2D eigenvalue weighted by Crippen LogP contribution is -2.42. The number of hydrogen-bond acceptors (Lipinski definition) is 3. The molecule has 2 unspecified atom stereocenters. The maximum Gasteiger partial charge on any atom is 0.223 e. The number of halogens is 2. The summed E-state index contributed by atoms with van der Waals surface area (Å²) in [6, 6.07) is 5.23. The molecule has 1 aromatic heterocycles. The molecule has 25 heavy (non-hydrogen) atoms. The average Bonchev–Trinajstić information content (AvgIpc) is 3.00. The van der Waals surface area contributed by atoms with Crippen molar-refractivity contribution in [3.8, 4) is 11.3 Å². The molecule has 0 N–H and O–H groups in total. The molecular weight excluding hydrogens is 359 g/mol. The zero-order chi connectivity index (χ0) is 18.0. The van der Waals surface area contributed by atoms with Gasteiger partial charge in [-0.3, -0.25) is 4.79 Å². The second-order valence-electron chi connectivity index (χ2n) is 6.99. The first-order valence-electron chi connectivity index (χ1n) is 8.60. The average molecular weight is 381 g/mol. The molecule has 1 fully saturated rings. The van der Waals surface area contributed by atoms with Gasteiger partial charge in [-0.1, -0.05) is 37.0 Å². The van der Waals surface area contributed by atoms with Crippen LogP contribution in [0.5, 0.6) is 0 Å². The van der Waals surface area contributed by atoms with Gasteiger partial charge in [0, 0.05) is 36.5 Å². The third kappa shape index (κ3) is 4.56. The smallest absolute Gasteiger partial charge is 0.223 e. The maximum atomic E-state index is 12.5. The van der Waals surface area contributed by atoms with Crippen LogP contribution in [0.2, 0.25) is 10.0 Å². The van der Waals surface area contributed by atoms with Crippen LogP contribution in [0, 0.1) is 11.8 Å². The topological polar surface area (TPSA) is 46.3 Å². The molecule has 0 spiro atoms. The van der Waals surface area contributed by atoms with Crippen molar-refractivity contribution in [2.24, 2.45) is 11.8 Å². The van der Waals surface area contributed by atoms with E-state index in [4.69, 9.17) is 27.6 Å². The van der Waals surface area contributed by atoms with Crippen LogP contribution in [0.3, 0.4) is 0 Å². The molecule has 0 saturated carbocycles. The normalized spacial score (nSPS) is 20.7. The van der Waals surface area contributed by atoms with E-state index in [-0.39, 0.29) is 5.91 Å². The summed E-state index contributed by atoms with van der Waals surface area (Å²) in [4.78, 5) is 18.7. The quantitative estimate of drug-likeness (QED) is 0.742. The number of piperidine rings is 1. The number of oxazole rings is 1. The highest BCUT2D eigenvalue weighted by molar-refractivity contribution is 6.36.